The smallest absolute Gasteiger partial charge is 0.0807 e. The molecule has 84 valence electrons. The van der Waals surface area contributed by atoms with Gasteiger partial charge in [0.2, 0.25) is 0 Å². The molecule has 0 aromatic rings. The largest absolute Gasteiger partial charge is 0.382 e. The molecule has 0 radical (unpaired) electrons. The molecule has 1 saturated carbocycles. The SMILES string of the molecule is COCCOC1(CN)CCCC(C)C1. The fraction of sp³-hybridized carbons (Fsp3) is 1.00. The number of hydrogen-bond donors (Lipinski definition) is 1. The molecule has 3 heteroatoms. The van der Waals surface area contributed by atoms with E-state index in [1.807, 2.05) is 0 Å². The summed E-state index contributed by atoms with van der Waals surface area (Å²) < 4.78 is 10.9. The molecule has 2 N–H and O–H groups in total. The van der Waals surface area contributed by atoms with Crippen molar-refractivity contribution in [2.45, 2.75) is 38.2 Å². The van der Waals surface area contributed by atoms with E-state index in [0.29, 0.717) is 19.8 Å². The first-order chi connectivity index (χ1) is 6.72. The number of ether oxygens (including phenoxy) is 2. The maximum Gasteiger partial charge on any atom is 0.0807 e. The Labute approximate surface area is 86.9 Å². The van der Waals surface area contributed by atoms with E-state index in [0.717, 1.165) is 18.8 Å². The van der Waals surface area contributed by atoms with Gasteiger partial charge in [0.1, 0.15) is 0 Å². The fourth-order valence-electron chi connectivity index (χ4n) is 2.33. The van der Waals surface area contributed by atoms with Crippen LogP contribution in [0.2, 0.25) is 0 Å². The molecule has 2 unspecified atom stereocenters. The third-order valence-corrected chi connectivity index (χ3v) is 3.12. The molecule has 0 aliphatic heterocycles. The summed E-state index contributed by atoms with van der Waals surface area (Å²) in [6.45, 7) is 4.25. The lowest BCUT2D eigenvalue weighted by molar-refractivity contribution is -0.0872. The first-order valence-electron chi connectivity index (χ1n) is 5.55. The molecule has 2 atom stereocenters. The fourth-order valence-corrected chi connectivity index (χ4v) is 2.33. The molecular weight excluding hydrogens is 178 g/mol. The second-order valence-electron chi connectivity index (χ2n) is 4.43. The molecular formula is C11H23NO2. The third-order valence-electron chi connectivity index (χ3n) is 3.12. The molecule has 0 heterocycles. The molecule has 0 bridgehead atoms. The summed E-state index contributed by atoms with van der Waals surface area (Å²) in [6.07, 6.45) is 4.77. The van der Waals surface area contributed by atoms with E-state index >= 15 is 0 Å². The standard InChI is InChI=1S/C11H23NO2/c1-10-4-3-5-11(8-10,9-12)14-7-6-13-2/h10H,3-9,12H2,1-2H3. The van der Waals surface area contributed by atoms with Gasteiger partial charge in [-0.15, -0.1) is 0 Å². The van der Waals surface area contributed by atoms with Crippen molar-refractivity contribution < 1.29 is 9.47 Å². The van der Waals surface area contributed by atoms with Crippen molar-refractivity contribution in [3.8, 4) is 0 Å². The summed E-state index contributed by atoms with van der Waals surface area (Å²) in [5, 5.41) is 0. The predicted octanol–water partition coefficient (Wildman–Crippen LogP) is 1.56. The number of nitrogens with two attached hydrogens (primary N) is 1. The Balaban J connectivity index is 2.39. The zero-order valence-corrected chi connectivity index (χ0v) is 9.42. The van der Waals surface area contributed by atoms with Crippen LogP contribution < -0.4 is 5.73 Å². The van der Waals surface area contributed by atoms with Crippen LogP contribution >= 0.6 is 0 Å². The van der Waals surface area contributed by atoms with Crippen molar-refractivity contribution >= 4 is 0 Å². The lowest BCUT2D eigenvalue weighted by atomic mass is 9.79. The van der Waals surface area contributed by atoms with E-state index in [2.05, 4.69) is 6.92 Å². The van der Waals surface area contributed by atoms with E-state index < -0.39 is 0 Å². The first kappa shape index (κ1) is 12.0. The van der Waals surface area contributed by atoms with E-state index in [1.165, 1.54) is 12.8 Å². The Kier molecular flexibility index (Phi) is 4.85. The summed E-state index contributed by atoms with van der Waals surface area (Å²) in [6, 6.07) is 0. The van der Waals surface area contributed by atoms with E-state index in [-0.39, 0.29) is 5.60 Å². The van der Waals surface area contributed by atoms with Crippen LogP contribution in [0.25, 0.3) is 0 Å². The average Bonchev–Trinajstić information content (AvgIpc) is 2.18. The summed E-state index contributed by atoms with van der Waals surface area (Å²) in [5.41, 5.74) is 5.76. The minimum Gasteiger partial charge on any atom is -0.382 e. The van der Waals surface area contributed by atoms with Gasteiger partial charge in [0, 0.05) is 13.7 Å². The van der Waals surface area contributed by atoms with Crippen molar-refractivity contribution in [1.82, 2.24) is 0 Å². The Hall–Kier alpha value is -0.120. The maximum absolute atomic E-state index is 5.88. The topological polar surface area (TPSA) is 44.5 Å². The molecule has 1 fully saturated rings. The van der Waals surface area contributed by atoms with Gasteiger partial charge in [-0.3, -0.25) is 0 Å². The van der Waals surface area contributed by atoms with Gasteiger partial charge >= 0.3 is 0 Å². The summed E-state index contributed by atoms with van der Waals surface area (Å²) >= 11 is 0. The van der Waals surface area contributed by atoms with Crippen LogP contribution in [0, 0.1) is 5.92 Å². The second-order valence-corrected chi connectivity index (χ2v) is 4.43. The van der Waals surface area contributed by atoms with Gasteiger partial charge in [0.25, 0.3) is 0 Å². The number of rotatable bonds is 5. The van der Waals surface area contributed by atoms with Gasteiger partial charge in [-0.1, -0.05) is 19.8 Å². The second kappa shape index (κ2) is 5.69. The van der Waals surface area contributed by atoms with Gasteiger partial charge in [-0.2, -0.15) is 0 Å². The quantitative estimate of drug-likeness (QED) is 0.686. The molecule has 1 aliphatic rings. The summed E-state index contributed by atoms with van der Waals surface area (Å²) in [7, 11) is 1.70. The van der Waals surface area contributed by atoms with Gasteiger partial charge in [-0.05, 0) is 18.8 Å². The zero-order chi connectivity index (χ0) is 10.4. The highest BCUT2D eigenvalue weighted by molar-refractivity contribution is 4.87. The van der Waals surface area contributed by atoms with Gasteiger partial charge in [0.05, 0.1) is 18.8 Å². The molecule has 3 nitrogen and oxygen atoms in total. The highest BCUT2D eigenvalue weighted by Gasteiger charge is 2.34. The maximum atomic E-state index is 5.88. The van der Waals surface area contributed by atoms with Gasteiger partial charge < -0.3 is 15.2 Å². The van der Waals surface area contributed by atoms with Crippen LogP contribution in [0.4, 0.5) is 0 Å². The van der Waals surface area contributed by atoms with Crippen molar-refractivity contribution in [3.05, 3.63) is 0 Å². The van der Waals surface area contributed by atoms with Crippen molar-refractivity contribution in [2.24, 2.45) is 11.7 Å². The van der Waals surface area contributed by atoms with E-state index in [4.69, 9.17) is 15.2 Å². The van der Waals surface area contributed by atoms with Crippen LogP contribution in [0.1, 0.15) is 32.6 Å². The van der Waals surface area contributed by atoms with Crippen molar-refractivity contribution in [3.63, 3.8) is 0 Å². The van der Waals surface area contributed by atoms with Crippen LogP contribution in [-0.2, 0) is 9.47 Å². The summed E-state index contributed by atoms with van der Waals surface area (Å²) in [5.74, 6) is 0.745. The van der Waals surface area contributed by atoms with Gasteiger partial charge in [0.15, 0.2) is 0 Å². The minimum atomic E-state index is -0.0593. The summed E-state index contributed by atoms with van der Waals surface area (Å²) in [4.78, 5) is 0. The lowest BCUT2D eigenvalue weighted by Crippen LogP contribution is -2.45. The molecule has 14 heavy (non-hydrogen) atoms. The number of methoxy groups -OCH3 is 1. The normalized spacial score (nSPS) is 33.2. The Morgan fingerprint density at radius 1 is 1.43 bits per heavy atom. The van der Waals surface area contributed by atoms with E-state index in [1.54, 1.807) is 7.11 Å². The third kappa shape index (κ3) is 3.23. The predicted molar refractivity (Wildman–Crippen MR) is 57.2 cm³/mol. The molecule has 1 aliphatic carbocycles. The average molecular weight is 201 g/mol. The highest BCUT2D eigenvalue weighted by atomic mass is 16.5. The van der Waals surface area contributed by atoms with Crippen LogP contribution in [0.15, 0.2) is 0 Å². The molecule has 0 amide bonds. The monoisotopic (exact) mass is 201 g/mol. The van der Waals surface area contributed by atoms with Crippen molar-refractivity contribution in [2.75, 3.05) is 26.9 Å². The Morgan fingerprint density at radius 2 is 2.21 bits per heavy atom. The molecule has 0 aromatic carbocycles. The minimum absolute atomic E-state index is 0.0593. The number of hydrogen-bond acceptors (Lipinski definition) is 3. The molecule has 1 rings (SSSR count). The highest BCUT2D eigenvalue weighted by Crippen LogP contribution is 2.34. The van der Waals surface area contributed by atoms with Crippen LogP contribution in [-0.4, -0.2) is 32.5 Å². The lowest BCUT2D eigenvalue weighted by Gasteiger charge is -2.39. The Morgan fingerprint density at radius 3 is 2.79 bits per heavy atom. The first-order valence-corrected chi connectivity index (χ1v) is 5.55. The molecule has 0 saturated heterocycles. The molecule has 0 aromatic heterocycles. The van der Waals surface area contributed by atoms with Gasteiger partial charge in [-0.25, -0.2) is 0 Å². The Bertz CT molecular complexity index is 163. The van der Waals surface area contributed by atoms with E-state index in [9.17, 15) is 0 Å². The van der Waals surface area contributed by atoms with Crippen molar-refractivity contribution in [1.29, 1.82) is 0 Å². The molecule has 0 spiro atoms. The van der Waals surface area contributed by atoms with Crippen LogP contribution in [0.3, 0.4) is 0 Å². The zero-order valence-electron chi connectivity index (χ0n) is 9.42. The van der Waals surface area contributed by atoms with Crippen LogP contribution in [0.5, 0.6) is 0 Å².